The maximum absolute atomic E-state index is 13.4. The van der Waals surface area contributed by atoms with Crippen molar-refractivity contribution in [3.63, 3.8) is 0 Å². The van der Waals surface area contributed by atoms with Gasteiger partial charge in [0.2, 0.25) is 0 Å². The molecule has 1 heterocycles. The summed E-state index contributed by atoms with van der Waals surface area (Å²) >= 11 is 0. The number of esters is 1. The minimum absolute atomic E-state index is 0.144. The number of ether oxygens (including phenoxy) is 1. The summed E-state index contributed by atoms with van der Waals surface area (Å²) in [5, 5.41) is 5.94. The van der Waals surface area contributed by atoms with Crippen LogP contribution >= 0.6 is 0 Å². The molecule has 130 valence electrons. The van der Waals surface area contributed by atoms with Crippen molar-refractivity contribution in [3.05, 3.63) is 59.9 Å². The van der Waals surface area contributed by atoms with Crippen LogP contribution in [-0.4, -0.2) is 37.6 Å². The highest BCUT2D eigenvalue weighted by molar-refractivity contribution is 5.95. The molecule has 1 saturated heterocycles. The maximum Gasteiger partial charge on any atom is 0.322 e. The number of rotatable bonds is 4. The van der Waals surface area contributed by atoms with Crippen molar-refractivity contribution in [3.8, 4) is 11.1 Å². The molecule has 2 aromatic rings. The first-order valence-corrected chi connectivity index (χ1v) is 8.05. The third kappa shape index (κ3) is 4.03. The zero-order valence-corrected chi connectivity index (χ0v) is 13.8. The molecule has 0 bridgehead atoms. The van der Waals surface area contributed by atoms with E-state index in [1.165, 1.54) is 19.2 Å². The van der Waals surface area contributed by atoms with Gasteiger partial charge in [-0.05, 0) is 41.8 Å². The van der Waals surface area contributed by atoms with Crippen molar-refractivity contribution in [2.24, 2.45) is 0 Å². The summed E-state index contributed by atoms with van der Waals surface area (Å²) in [5.41, 5.74) is 1.97. The summed E-state index contributed by atoms with van der Waals surface area (Å²) in [6.07, 6.45) is 0.488. The third-order valence-electron chi connectivity index (χ3n) is 4.23. The number of hydrogen-bond acceptors (Lipinski definition) is 4. The molecule has 2 aromatic carbocycles. The van der Waals surface area contributed by atoms with Gasteiger partial charge in [0.05, 0.1) is 7.11 Å². The normalized spacial score (nSPS) is 19.4. The molecule has 2 N–H and O–H groups in total. The number of amides is 1. The summed E-state index contributed by atoms with van der Waals surface area (Å²) in [7, 11) is 1.34. The van der Waals surface area contributed by atoms with E-state index in [9.17, 15) is 14.0 Å². The van der Waals surface area contributed by atoms with Crippen molar-refractivity contribution in [2.45, 2.75) is 18.5 Å². The molecule has 0 saturated carbocycles. The number of carbonyl (C=O) groups is 2. The van der Waals surface area contributed by atoms with Gasteiger partial charge in [0, 0.05) is 18.2 Å². The number of carbonyl (C=O) groups excluding carboxylic acids is 2. The highest BCUT2D eigenvalue weighted by atomic mass is 19.1. The van der Waals surface area contributed by atoms with Crippen molar-refractivity contribution < 1.29 is 18.7 Å². The molecule has 6 heteroatoms. The van der Waals surface area contributed by atoms with Crippen LogP contribution in [0.1, 0.15) is 16.8 Å². The first-order chi connectivity index (χ1) is 12.1. The van der Waals surface area contributed by atoms with Gasteiger partial charge in [-0.3, -0.25) is 9.59 Å². The van der Waals surface area contributed by atoms with Crippen LogP contribution in [0.25, 0.3) is 11.1 Å². The van der Waals surface area contributed by atoms with Crippen LogP contribution in [0.5, 0.6) is 0 Å². The first-order valence-electron chi connectivity index (χ1n) is 8.05. The van der Waals surface area contributed by atoms with Crippen LogP contribution in [0.2, 0.25) is 0 Å². The lowest BCUT2D eigenvalue weighted by atomic mass is 10.0. The Morgan fingerprint density at radius 3 is 2.60 bits per heavy atom. The molecule has 1 aliphatic rings. The summed E-state index contributed by atoms with van der Waals surface area (Å²) < 4.78 is 18.1. The van der Waals surface area contributed by atoms with E-state index >= 15 is 0 Å². The van der Waals surface area contributed by atoms with Crippen LogP contribution in [0.4, 0.5) is 4.39 Å². The molecule has 1 fully saturated rings. The van der Waals surface area contributed by atoms with Crippen LogP contribution in [0, 0.1) is 5.82 Å². The fourth-order valence-electron chi connectivity index (χ4n) is 2.94. The molecule has 1 aliphatic heterocycles. The number of nitrogens with one attached hydrogen (secondary N) is 2. The average Bonchev–Trinajstić information content (AvgIpc) is 3.09. The van der Waals surface area contributed by atoms with Gasteiger partial charge in [-0.1, -0.05) is 24.3 Å². The molecule has 0 radical (unpaired) electrons. The zero-order chi connectivity index (χ0) is 17.8. The lowest BCUT2D eigenvalue weighted by Gasteiger charge is -2.12. The Labute approximate surface area is 145 Å². The van der Waals surface area contributed by atoms with E-state index in [-0.39, 0.29) is 23.7 Å². The Morgan fingerprint density at radius 1 is 1.16 bits per heavy atom. The Hall–Kier alpha value is -2.73. The standard InChI is InChI=1S/C19H19FN2O3/c1-25-19(24)17-10-16(11-21-17)22-18(23)14-6-2-4-12(8-14)13-5-3-7-15(20)9-13/h2-9,16-17,21H,10-11H2,1H3,(H,22,23)/t16-,17-/m0/s1. The molecule has 0 aliphatic carbocycles. The number of hydrogen-bond donors (Lipinski definition) is 2. The van der Waals surface area contributed by atoms with E-state index in [4.69, 9.17) is 4.74 Å². The highest BCUT2D eigenvalue weighted by Gasteiger charge is 2.31. The van der Waals surface area contributed by atoms with Gasteiger partial charge < -0.3 is 15.4 Å². The fraction of sp³-hybridized carbons (Fsp3) is 0.263. The van der Waals surface area contributed by atoms with E-state index in [1.807, 2.05) is 6.07 Å². The zero-order valence-electron chi connectivity index (χ0n) is 13.8. The van der Waals surface area contributed by atoms with Gasteiger partial charge in [-0.15, -0.1) is 0 Å². The van der Waals surface area contributed by atoms with Crippen molar-refractivity contribution in [1.29, 1.82) is 0 Å². The molecule has 0 aromatic heterocycles. The van der Waals surface area contributed by atoms with Crippen LogP contribution in [0.15, 0.2) is 48.5 Å². The van der Waals surface area contributed by atoms with Gasteiger partial charge in [-0.2, -0.15) is 0 Å². The summed E-state index contributed by atoms with van der Waals surface area (Å²) in [4.78, 5) is 24.0. The van der Waals surface area contributed by atoms with Crippen LogP contribution in [-0.2, 0) is 9.53 Å². The second-order valence-electron chi connectivity index (χ2n) is 5.98. The Kier molecular flexibility index (Phi) is 5.09. The summed E-state index contributed by atoms with van der Waals surface area (Å²) in [6, 6.07) is 12.7. The first kappa shape index (κ1) is 17.1. The minimum Gasteiger partial charge on any atom is -0.468 e. The number of benzene rings is 2. The van der Waals surface area contributed by atoms with Gasteiger partial charge >= 0.3 is 5.97 Å². The van der Waals surface area contributed by atoms with Crippen LogP contribution < -0.4 is 10.6 Å². The maximum atomic E-state index is 13.4. The lowest BCUT2D eigenvalue weighted by Crippen LogP contribution is -2.36. The Balaban J connectivity index is 1.69. The monoisotopic (exact) mass is 342 g/mol. The Morgan fingerprint density at radius 2 is 1.88 bits per heavy atom. The SMILES string of the molecule is COC(=O)[C@@H]1C[C@H](NC(=O)c2cccc(-c3cccc(F)c3)c2)CN1. The summed E-state index contributed by atoms with van der Waals surface area (Å²) in [5.74, 6) is -0.876. The van der Waals surface area contributed by atoms with Crippen molar-refractivity contribution >= 4 is 11.9 Å². The molecule has 3 rings (SSSR count). The molecule has 0 spiro atoms. The van der Waals surface area contributed by atoms with Gasteiger partial charge in [-0.25, -0.2) is 4.39 Å². The van der Waals surface area contributed by atoms with Crippen molar-refractivity contribution in [1.82, 2.24) is 10.6 Å². The van der Waals surface area contributed by atoms with E-state index in [0.29, 0.717) is 24.1 Å². The molecule has 2 atom stereocenters. The lowest BCUT2D eigenvalue weighted by molar-refractivity contribution is -0.142. The van der Waals surface area contributed by atoms with E-state index in [2.05, 4.69) is 10.6 Å². The van der Waals surface area contributed by atoms with Gasteiger partial charge in [0.1, 0.15) is 11.9 Å². The largest absolute Gasteiger partial charge is 0.468 e. The number of methoxy groups -OCH3 is 1. The topological polar surface area (TPSA) is 67.4 Å². The van der Waals surface area contributed by atoms with E-state index in [0.717, 1.165) is 5.56 Å². The van der Waals surface area contributed by atoms with Gasteiger partial charge in [0.25, 0.3) is 5.91 Å². The quantitative estimate of drug-likeness (QED) is 0.836. The molecule has 1 amide bonds. The molecular weight excluding hydrogens is 323 g/mol. The number of halogens is 1. The molecular formula is C19H19FN2O3. The molecule has 25 heavy (non-hydrogen) atoms. The second kappa shape index (κ2) is 7.44. The average molecular weight is 342 g/mol. The summed E-state index contributed by atoms with van der Waals surface area (Å²) in [6.45, 7) is 0.509. The smallest absolute Gasteiger partial charge is 0.322 e. The third-order valence-corrected chi connectivity index (χ3v) is 4.23. The predicted molar refractivity (Wildman–Crippen MR) is 91.5 cm³/mol. The van der Waals surface area contributed by atoms with E-state index in [1.54, 1.807) is 30.3 Å². The van der Waals surface area contributed by atoms with E-state index < -0.39 is 6.04 Å². The van der Waals surface area contributed by atoms with Gasteiger partial charge in [0.15, 0.2) is 0 Å². The second-order valence-corrected chi connectivity index (χ2v) is 5.98. The molecule has 5 nitrogen and oxygen atoms in total. The van der Waals surface area contributed by atoms with Crippen molar-refractivity contribution in [2.75, 3.05) is 13.7 Å². The minimum atomic E-state index is -0.395. The fourth-order valence-corrected chi connectivity index (χ4v) is 2.94. The Bertz CT molecular complexity index is 794. The van der Waals surface area contributed by atoms with Crippen LogP contribution in [0.3, 0.4) is 0 Å². The molecule has 0 unspecified atom stereocenters. The highest BCUT2D eigenvalue weighted by Crippen LogP contribution is 2.21. The predicted octanol–water partition coefficient (Wildman–Crippen LogP) is 2.13.